The largest absolute Gasteiger partial charge is 0.490 e. The van der Waals surface area contributed by atoms with Crippen molar-refractivity contribution in [1.29, 1.82) is 0 Å². The van der Waals surface area contributed by atoms with Crippen molar-refractivity contribution in [3.05, 3.63) is 106 Å². The Balaban J connectivity index is 0.000000515. The van der Waals surface area contributed by atoms with Crippen molar-refractivity contribution in [2.75, 3.05) is 32.8 Å². The lowest BCUT2D eigenvalue weighted by Crippen LogP contribution is -2.37. The molecule has 8 nitrogen and oxygen atoms in total. The third-order valence-electron chi connectivity index (χ3n) is 7.93. The smallest absolute Gasteiger partial charge is 0.475 e. The number of nitrogens with zero attached hydrogens (tertiary/aromatic N) is 2. The highest BCUT2D eigenvalue weighted by Crippen LogP contribution is 2.31. The number of rotatable bonds is 6. The number of amides is 1. The Bertz CT molecular complexity index is 1690. The van der Waals surface area contributed by atoms with Gasteiger partial charge >= 0.3 is 12.1 Å². The number of aromatic amines is 1. The number of carboxylic acids is 1. The first-order chi connectivity index (χ1) is 21.6. The van der Waals surface area contributed by atoms with Crippen LogP contribution >= 0.6 is 0 Å². The maximum Gasteiger partial charge on any atom is 0.490 e. The SMILES string of the molecule is CC(c1ccc(/C=C/c2n[nH]c3cc(C=C4C(=O)NCC4c4ccccc4)ccc23)cc1)N1CCOCC1.O=C(O)C(F)(F)F. The monoisotopic (exact) mass is 618 g/mol. The van der Waals surface area contributed by atoms with E-state index in [-0.39, 0.29) is 11.8 Å². The first kappa shape index (κ1) is 31.7. The summed E-state index contributed by atoms with van der Waals surface area (Å²) in [4.78, 5) is 23.9. The molecule has 6 rings (SSSR count). The van der Waals surface area contributed by atoms with E-state index in [1.165, 1.54) is 5.56 Å². The molecule has 45 heavy (non-hydrogen) atoms. The van der Waals surface area contributed by atoms with Gasteiger partial charge in [-0.15, -0.1) is 0 Å². The number of aliphatic carboxylic acids is 1. The predicted molar refractivity (Wildman–Crippen MR) is 166 cm³/mol. The summed E-state index contributed by atoms with van der Waals surface area (Å²) in [5, 5.41) is 18.9. The highest BCUT2D eigenvalue weighted by Gasteiger charge is 2.38. The van der Waals surface area contributed by atoms with Gasteiger partial charge in [0.15, 0.2) is 0 Å². The Morgan fingerprint density at radius 1 is 1.02 bits per heavy atom. The lowest BCUT2D eigenvalue weighted by molar-refractivity contribution is -0.192. The highest BCUT2D eigenvalue weighted by atomic mass is 19.4. The number of alkyl halides is 3. The van der Waals surface area contributed by atoms with E-state index < -0.39 is 12.1 Å². The number of ether oxygens (including phenoxy) is 1. The minimum Gasteiger partial charge on any atom is -0.475 e. The summed E-state index contributed by atoms with van der Waals surface area (Å²) in [6.45, 7) is 6.47. The fourth-order valence-corrected chi connectivity index (χ4v) is 5.41. The van der Waals surface area contributed by atoms with Crippen LogP contribution in [0.5, 0.6) is 0 Å². The summed E-state index contributed by atoms with van der Waals surface area (Å²) in [5.74, 6) is -2.70. The van der Waals surface area contributed by atoms with E-state index >= 15 is 0 Å². The number of carbonyl (C=O) groups is 2. The highest BCUT2D eigenvalue weighted by molar-refractivity contribution is 6.02. The lowest BCUT2D eigenvalue weighted by atomic mass is 9.92. The zero-order valence-corrected chi connectivity index (χ0v) is 24.6. The van der Waals surface area contributed by atoms with Gasteiger partial charge in [-0.05, 0) is 53.5 Å². The maximum atomic E-state index is 12.6. The van der Waals surface area contributed by atoms with Gasteiger partial charge in [-0.3, -0.25) is 14.8 Å². The lowest BCUT2D eigenvalue weighted by Gasteiger charge is -2.32. The van der Waals surface area contributed by atoms with Crippen molar-refractivity contribution in [3.8, 4) is 0 Å². The third-order valence-corrected chi connectivity index (χ3v) is 7.93. The molecule has 3 heterocycles. The average Bonchev–Trinajstić information content (AvgIpc) is 3.63. The molecule has 11 heteroatoms. The summed E-state index contributed by atoms with van der Waals surface area (Å²) in [5.41, 5.74) is 7.22. The first-order valence-corrected chi connectivity index (χ1v) is 14.5. The van der Waals surface area contributed by atoms with E-state index in [1.807, 2.05) is 30.4 Å². The predicted octanol–water partition coefficient (Wildman–Crippen LogP) is 6.06. The number of aromatic nitrogens is 2. The molecular formula is C34H33F3N4O4. The Labute approximate surface area is 258 Å². The Kier molecular flexibility index (Phi) is 9.80. The molecule has 2 atom stereocenters. The number of carbonyl (C=O) groups excluding carboxylic acids is 1. The summed E-state index contributed by atoms with van der Waals surface area (Å²) in [7, 11) is 0. The van der Waals surface area contributed by atoms with Crippen LogP contribution in [-0.2, 0) is 14.3 Å². The van der Waals surface area contributed by atoms with Crippen LogP contribution in [-0.4, -0.2) is 71.1 Å². The van der Waals surface area contributed by atoms with E-state index in [9.17, 15) is 18.0 Å². The molecule has 2 saturated heterocycles. The van der Waals surface area contributed by atoms with Crippen molar-refractivity contribution in [1.82, 2.24) is 20.4 Å². The van der Waals surface area contributed by atoms with Crippen molar-refractivity contribution < 1.29 is 32.6 Å². The first-order valence-electron chi connectivity index (χ1n) is 14.5. The number of halogens is 3. The van der Waals surface area contributed by atoms with E-state index in [0.29, 0.717) is 12.6 Å². The number of hydrogen-bond donors (Lipinski definition) is 3. The summed E-state index contributed by atoms with van der Waals surface area (Å²) < 4.78 is 37.2. The van der Waals surface area contributed by atoms with Crippen molar-refractivity contribution in [3.63, 3.8) is 0 Å². The van der Waals surface area contributed by atoms with Crippen LogP contribution in [0.15, 0.2) is 78.4 Å². The zero-order valence-electron chi connectivity index (χ0n) is 24.6. The van der Waals surface area contributed by atoms with Gasteiger partial charge in [0.2, 0.25) is 5.91 Å². The second-order valence-corrected chi connectivity index (χ2v) is 10.8. The van der Waals surface area contributed by atoms with Gasteiger partial charge in [-0.1, -0.05) is 66.7 Å². The van der Waals surface area contributed by atoms with Gasteiger partial charge in [0.05, 0.1) is 24.4 Å². The Hall–Kier alpha value is -4.74. The van der Waals surface area contributed by atoms with Crippen LogP contribution in [0.3, 0.4) is 0 Å². The average molecular weight is 619 g/mol. The number of H-pyrrole nitrogens is 1. The minimum absolute atomic E-state index is 0.00228. The van der Waals surface area contributed by atoms with Crippen LogP contribution in [0, 0.1) is 0 Å². The maximum absolute atomic E-state index is 12.6. The van der Waals surface area contributed by atoms with E-state index in [1.54, 1.807) is 0 Å². The van der Waals surface area contributed by atoms with Crippen molar-refractivity contribution in [2.45, 2.75) is 25.1 Å². The fraction of sp³-hybridized carbons (Fsp3) is 0.265. The molecule has 3 aromatic carbocycles. The molecule has 2 fully saturated rings. The zero-order chi connectivity index (χ0) is 32.0. The Morgan fingerprint density at radius 2 is 1.69 bits per heavy atom. The fourth-order valence-electron chi connectivity index (χ4n) is 5.41. The number of benzene rings is 3. The molecular weight excluding hydrogens is 585 g/mol. The number of nitrogens with one attached hydrogen (secondary N) is 2. The van der Waals surface area contributed by atoms with Gasteiger partial charge in [0.25, 0.3) is 0 Å². The third kappa shape index (κ3) is 7.86. The molecule has 2 aliphatic heterocycles. The van der Waals surface area contributed by atoms with Crippen molar-refractivity contribution in [2.24, 2.45) is 0 Å². The van der Waals surface area contributed by atoms with Gasteiger partial charge in [0.1, 0.15) is 0 Å². The Morgan fingerprint density at radius 3 is 2.36 bits per heavy atom. The van der Waals surface area contributed by atoms with Gasteiger partial charge in [0, 0.05) is 42.6 Å². The molecule has 3 N–H and O–H groups in total. The normalized spacial score (nSPS) is 19.0. The second-order valence-electron chi connectivity index (χ2n) is 10.8. The van der Waals surface area contributed by atoms with Crippen LogP contribution in [0.1, 0.15) is 46.8 Å². The number of carboxylic acid groups (broad SMARTS) is 1. The second kappa shape index (κ2) is 13.9. The summed E-state index contributed by atoms with van der Waals surface area (Å²) in [6, 6.07) is 25.5. The quantitative estimate of drug-likeness (QED) is 0.227. The summed E-state index contributed by atoms with van der Waals surface area (Å²) in [6.07, 6.45) is 1.06. The molecule has 0 radical (unpaired) electrons. The molecule has 2 unspecified atom stereocenters. The van der Waals surface area contributed by atoms with E-state index in [4.69, 9.17) is 14.6 Å². The van der Waals surface area contributed by atoms with Crippen LogP contribution in [0.2, 0.25) is 0 Å². The van der Waals surface area contributed by atoms with Crippen LogP contribution < -0.4 is 5.32 Å². The molecule has 234 valence electrons. The molecule has 2 aliphatic rings. The molecule has 0 saturated carbocycles. The minimum atomic E-state index is -5.08. The molecule has 4 aromatic rings. The van der Waals surface area contributed by atoms with E-state index in [2.05, 4.69) is 88.0 Å². The molecule has 0 bridgehead atoms. The molecule has 0 aliphatic carbocycles. The van der Waals surface area contributed by atoms with Crippen LogP contribution in [0.25, 0.3) is 29.1 Å². The standard InChI is InChI=1S/C32H32N4O2.C2HF3O2/c1-22(36-15-17-38-18-16-36)25-11-7-23(8-12-25)10-14-30-27-13-9-24(20-31(27)35-34-30)19-28-29(21-33-32(28)37)26-5-3-2-4-6-26;3-2(4,5)1(6)7/h2-14,19-20,22,29H,15-18,21H2,1H3,(H,33,37)(H,34,35);(H,6,7)/b14-10+,28-19?;. The molecule has 0 spiro atoms. The molecule has 1 aromatic heterocycles. The van der Waals surface area contributed by atoms with Crippen LogP contribution in [0.4, 0.5) is 13.2 Å². The van der Waals surface area contributed by atoms with E-state index in [0.717, 1.165) is 65.2 Å². The number of morpholine rings is 1. The summed E-state index contributed by atoms with van der Waals surface area (Å²) >= 11 is 0. The van der Waals surface area contributed by atoms with Crippen molar-refractivity contribution >= 4 is 41.0 Å². The molecule has 1 amide bonds. The number of fused-ring (bicyclic) bond motifs is 1. The van der Waals surface area contributed by atoms with Gasteiger partial charge in [-0.25, -0.2) is 4.79 Å². The van der Waals surface area contributed by atoms with Gasteiger partial charge in [-0.2, -0.15) is 18.3 Å². The number of hydrogen-bond acceptors (Lipinski definition) is 5. The topological polar surface area (TPSA) is 108 Å². The van der Waals surface area contributed by atoms with Gasteiger partial charge < -0.3 is 15.2 Å².